The Kier molecular flexibility index (Phi) is 6.47. The van der Waals surface area contributed by atoms with Crippen molar-refractivity contribution in [1.82, 2.24) is 0 Å². The summed E-state index contributed by atoms with van der Waals surface area (Å²) in [4.78, 5) is 13.0. The molecule has 1 fully saturated rings. The van der Waals surface area contributed by atoms with Gasteiger partial charge in [0.2, 0.25) is 10.4 Å². The zero-order chi connectivity index (χ0) is 21.9. The fraction of sp³-hybridized carbons (Fsp3) is 0.381. The van der Waals surface area contributed by atoms with Gasteiger partial charge in [0.05, 0.1) is 27.7 Å². The number of carbonyl (C=O) groups is 1. The van der Waals surface area contributed by atoms with E-state index in [1.165, 1.54) is 0 Å². The van der Waals surface area contributed by atoms with E-state index < -0.39 is 16.3 Å². The average molecular weight is 435 g/mol. The summed E-state index contributed by atoms with van der Waals surface area (Å²) < 4.78 is 43.8. The highest BCUT2D eigenvalue weighted by atomic mass is 32.3. The van der Waals surface area contributed by atoms with Crippen LogP contribution in [0.1, 0.15) is 23.5 Å². The summed E-state index contributed by atoms with van der Waals surface area (Å²) in [5.41, 5.74) is 1.76. The van der Waals surface area contributed by atoms with Crippen molar-refractivity contribution in [2.24, 2.45) is 0 Å². The zero-order valence-electron chi connectivity index (χ0n) is 17.1. The summed E-state index contributed by atoms with van der Waals surface area (Å²) >= 11 is 0. The molecule has 0 bridgehead atoms. The molecule has 0 spiro atoms. The number of esters is 1. The molecule has 0 N–H and O–H groups in total. The number of benzene rings is 2. The normalized spacial score (nSPS) is 19.5. The van der Waals surface area contributed by atoms with Gasteiger partial charge >= 0.3 is 5.97 Å². The standard InChI is InChI=1S/C20H22NO3.CH4O4S/c1-21(2)12-11-14(13-21)23-20(22)19-15-7-3-5-9-17(15)24-18-10-6-4-8-16(18)19;1-5-6(2,3)4/h3-10,14,19H,11-13H2,1-2H3;1H3,(H,2,3,4)/q+1;/p-1. The predicted molar refractivity (Wildman–Crippen MR) is 108 cm³/mol. The Labute approximate surface area is 176 Å². The fourth-order valence-electron chi connectivity index (χ4n) is 3.72. The summed E-state index contributed by atoms with van der Waals surface area (Å²) in [5.74, 6) is 0.883. The first-order chi connectivity index (χ1) is 14.1. The van der Waals surface area contributed by atoms with Gasteiger partial charge in [0.1, 0.15) is 24.0 Å². The molecule has 9 heteroatoms. The fourth-order valence-corrected chi connectivity index (χ4v) is 3.72. The van der Waals surface area contributed by atoms with Crippen molar-refractivity contribution in [3.63, 3.8) is 0 Å². The molecule has 2 aliphatic rings. The number of likely N-dealkylation sites (N-methyl/N-ethyl adjacent to an activating group) is 1. The Morgan fingerprint density at radius 1 is 1.07 bits per heavy atom. The molecule has 30 heavy (non-hydrogen) atoms. The van der Waals surface area contributed by atoms with Crippen molar-refractivity contribution in [3.05, 3.63) is 59.7 Å². The highest BCUT2D eigenvalue weighted by molar-refractivity contribution is 7.80. The third-order valence-corrected chi connectivity index (χ3v) is 5.57. The summed E-state index contributed by atoms with van der Waals surface area (Å²) in [6.07, 6.45) is 0.917. The quantitative estimate of drug-likeness (QED) is 0.316. The van der Waals surface area contributed by atoms with Crippen molar-refractivity contribution >= 4 is 16.4 Å². The van der Waals surface area contributed by atoms with Crippen LogP contribution in [0.4, 0.5) is 0 Å². The Hall–Kier alpha value is -2.46. The third kappa shape index (κ3) is 5.37. The minimum Gasteiger partial charge on any atom is -0.726 e. The lowest BCUT2D eigenvalue weighted by molar-refractivity contribution is -0.879. The summed E-state index contributed by atoms with van der Waals surface area (Å²) in [7, 11) is 0.743. The Balaban J connectivity index is 0.000000377. The van der Waals surface area contributed by atoms with E-state index >= 15 is 0 Å². The van der Waals surface area contributed by atoms with E-state index in [4.69, 9.17) is 9.47 Å². The largest absolute Gasteiger partial charge is 0.726 e. The number of nitrogens with zero attached hydrogens (tertiary/aromatic N) is 1. The third-order valence-electron chi connectivity index (χ3n) is 5.16. The van der Waals surface area contributed by atoms with Crippen LogP contribution in [0.25, 0.3) is 0 Å². The molecule has 0 radical (unpaired) electrons. The zero-order valence-corrected chi connectivity index (χ0v) is 17.9. The highest BCUT2D eigenvalue weighted by Gasteiger charge is 2.38. The number of fused-ring (bicyclic) bond motifs is 2. The van der Waals surface area contributed by atoms with Gasteiger partial charge in [-0.1, -0.05) is 36.4 Å². The van der Waals surface area contributed by atoms with Gasteiger partial charge in [-0.25, -0.2) is 8.42 Å². The molecule has 4 rings (SSSR count). The Morgan fingerprint density at radius 3 is 2.00 bits per heavy atom. The summed E-state index contributed by atoms with van der Waals surface area (Å²) in [6.45, 7) is 1.91. The van der Waals surface area contributed by atoms with Gasteiger partial charge in [0, 0.05) is 17.5 Å². The van der Waals surface area contributed by atoms with Gasteiger partial charge in [-0.15, -0.1) is 0 Å². The second-order valence-electron chi connectivity index (χ2n) is 7.88. The van der Waals surface area contributed by atoms with Crippen molar-refractivity contribution < 1.29 is 35.9 Å². The molecule has 1 atom stereocenters. The van der Waals surface area contributed by atoms with E-state index in [0.717, 1.165) is 53.7 Å². The van der Waals surface area contributed by atoms with Gasteiger partial charge < -0.3 is 18.5 Å². The van der Waals surface area contributed by atoms with Crippen LogP contribution in [0, 0.1) is 0 Å². The number of hydrogen-bond acceptors (Lipinski definition) is 7. The number of quaternary nitrogens is 1. The summed E-state index contributed by atoms with van der Waals surface area (Å²) in [6, 6.07) is 15.4. The number of rotatable bonds is 3. The van der Waals surface area contributed by atoms with E-state index in [0.29, 0.717) is 0 Å². The minimum atomic E-state index is -4.41. The van der Waals surface area contributed by atoms with Crippen molar-refractivity contribution in [2.75, 3.05) is 34.3 Å². The van der Waals surface area contributed by atoms with Gasteiger partial charge in [0.25, 0.3) is 0 Å². The minimum absolute atomic E-state index is 0.00494. The van der Waals surface area contributed by atoms with Crippen LogP contribution < -0.4 is 4.74 Å². The molecule has 0 aliphatic carbocycles. The second-order valence-corrected chi connectivity index (χ2v) is 9.02. The molecule has 0 aromatic heterocycles. The van der Waals surface area contributed by atoms with Crippen LogP contribution in [0.3, 0.4) is 0 Å². The molecule has 1 unspecified atom stereocenters. The molecule has 162 valence electrons. The molecular formula is C21H25NO7S. The van der Waals surface area contributed by atoms with E-state index in [-0.39, 0.29) is 12.1 Å². The van der Waals surface area contributed by atoms with Crippen molar-refractivity contribution in [1.29, 1.82) is 0 Å². The smallest absolute Gasteiger partial charge is 0.318 e. The number of hydrogen-bond donors (Lipinski definition) is 0. The first kappa shape index (κ1) is 22.2. The first-order valence-corrected chi connectivity index (χ1v) is 10.8. The van der Waals surface area contributed by atoms with Gasteiger partial charge in [0.15, 0.2) is 6.10 Å². The number of para-hydroxylation sites is 2. The Morgan fingerprint density at radius 2 is 1.57 bits per heavy atom. The number of likely N-dealkylation sites (tertiary alicyclic amines) is 1. The molecule has 1 saturated heterocycles. The maximum atomic E-state index is 13.0. The van der Waals surface area contributed by atoms with E-state index in [9.17, 15) is 17.8 Å². The molecular weight excluding hydrogens is 410 g/mol. The first-order valence-electron chi connectivity index (χ1n) is 9.49. The van der Waals surface area contributed by atoms with Gasteiger partial charge in [-0.05, 0) is 12.1 Å². The maximum absolute atomic E-state index is 13.0. The van der Waals surface area contributed by atoms with Crippen molar-refractivity contribution in [3.8, 4) is 11.5 Å². The van der Waals surface area contributed by atoms with Crippen molar-refractivity contribution in [2.45, 2.75) is 18.4 Å². The number of carbonyl (C=O) groups excluding carboxylic acids is 1. The monoisotopic (exact) mass is 435 g/mol. The van der Waals surface area contributed by atoms with Gasteiger partial charge in [-0.2, -0.15) is 0 Å². The predicted octanol–water partition coefficient (Wildman–Crippen LogP) is 2.41. The van der Waals surface area contributed by atoms with Crippen LogP contribution in [0.15, 0.2) is 48.5 Å². The van der Waals surface area contributed by atoms with Crippen LogP contribution in [0.5, 0.6) is 11.5 Å². The topological polar surface area (TPSA) is 102 Å². The number of ether oxygens (including phenoxy) is 2. The lowest BCUT2D eigenvalue weighted by atomic mass is 9.88. The second kappa shape index (κ2) is 8.73. The van der Waals surface area contributed by atoms with E-state index in [2.05, 4.69) is 18.3 Å². The van der Waals surface area contributed by atoms with Gasteiger partial charge in [-0.3, -0.25) is 8.98 Å². The lowest BCUT2D eigenvalue weighted by Crippen LogP contribution is -2.38. The van der Waals surface area contributed by atoms with Crippen LogP contribution in [0.2, 0.25) is 0 Å². The molecule has 8 nitrogen and oxygen atoms in total. The van der Waals surface area contributed by atoms with Crippen LogP contribution in [-0.4, -0.2) is 63.8 Å². The summed E-state index contributed by atoms with van der Waals surface area (Å²) in [5, 5.41) is 0. The molecule has 0 amide bonds. The molecule has 2 aromatic rings. The highest BCUT2D eigenvalue weighted by Crippen LogP contribution is 2.44. The van der Waals surface area contributed by atoms with E-state index in [1.807, 2.05) is 48.5 Å². The average Bonchev–Trinajstić information content (AvgIpc) is 3.04. The Bertz CT molecular complexity index is 974. The van der Waals surface area contributed by atoms with Crippen LogP contribution >= 0.6 is 0 Å². The lowest BCUT2D eigenvalue weighted by Gasteiger charge is -2.28. The van der Waals surface area contributed by atoms with E-state index in [1.54, 1.807) is 0 Å². The van der Waals surface area contributed by atoms with Crippen LogP contribution in [-0.2, 0) is 24.1 Å². The molecule has 0 saturated carbocycles. The SMILES string of the molecule is COS(=O)(=O)[O-].C[N+]1(C)CCC(OC(=O)C2c3ccccc3Oc3ccccc32)C1. The molecule has 2 aliphatic heterocycles. The molecule has 2 aromatic carbocycles. The maximum Gasteiger partial charge on any atom is 0.318 e. The molecule has 2 heterocycles.